The van der Waals surface area contributed by atoms with Crippen LogP contribution in [0, 0.1) is 5.92 Å². The largest absolute Gasteiger partial charge is 0.409 e. The highest BCUT2D eigenvalue weighted by Gasteiger charge is 2.34. The van der Waals surface area contributed by atoms with Gasteiger partial charge in [0.15, 0.2) is 8.32 Å². The van der Waals surface area contributed by atoms with Crippen LogP contribution < -0.4 is 5.32 Å². The van der Waals surface area contributed by atoms with Crippen molar-refractivity contribution in [2.24, 2.45) is 5.92 Å². The van der Waals surface area contributed by atoms with E-state index in [0.29, 0.717) is 28.5 Å². The molecule has 1 N–H and O–H groups in total. The average molecular weight is 405 g/mol. The molecule has 0 aliphatic heterocycles. The van der Waals surface area contributed by atoms with Gasteiger partial charge in [-0.15, -0.1) is 0 Å². The lowest BCUT2D eigenvalue weighted by Crippen LogP contribution is -2.41. The third-order valence-corrected chi connectivity index (χ3v) is 10.3. The Morgan fingerprint density at radius 3 is 2.00 bits per heavy atom. The molecule has 2 unspecified atom stereocenters. The van der Waals surface area contributed by atoms with Crippen LogP contribution in [0.3, 0.4) is 0 Å². The fraction of sp³-hybridized carbons (Fsp3) is 0.737. The SMILES string of the molecule is CC[Si](CC)(CC)OC(CNC(C)CC(C)C)c1c(Cl)cncc1Cl. The molecule has 0 saturated carbocycles. The number of hydrogen-bond acceptors (Lipinski definition) is 3. The van der Waals surface area contributed by atoms with Gasteiger partial charge >= 0.3 is 0 Å². The zero-order chi connectivity index (χ0) is 19.0. The maximum Gasteiger partial charge on any atom is 0.192 e. The molecular formula is C19H34Cl2N2OSi. The predicted molar refractivity (Wildman–Crippen MR) is 112 cm³/mol. The normalized spacial score (nSPS) is 14.8. The summed E-state index contributed by atoms with van der Waals surface area (Å²) in [5.41, 5.74) is 0.870. The van der Waals surface area contributed by atoms with Crippen molar-refractivity contribution in [1.82, 2.24) is 10.3 Å². The third-order valence-electron chi connectivity index (χ3n) is 5.01. The molecule has 6 heteroatoms. The predicted octanol–water partition coefficient (Wildman–Crippen LogP) is 6.48. The van der Waals surface area contributed by atoms with Gasteiger partial charge in [0.1, 0.15) is 0 Å². The Morgan fingerprint density at radius 1 is 1.04 bits per heavy atom. The summed E-state index contributed by atoms with van der Waals surface area (Å²) >= 11 is 12.9. The van der Waals surface area contributed by atoms with Crippen LogP contribution in [0.1, 0.15) is 59.6 Å². The lowest BCUT2D eigenvalue weighted by Gasteiger charge is -2.35. The van der Waals surface area contributed by atoms with Crippen LogP contribution in [-0.2, 0) is 4.43 Å². The fourth-order valence-electron chi connectivity index (χ4n) is 3.33. The molecule has 0 saturated heterocycles. The molecule has 0 aromatic carbocycles. The second-order valence-electron chi connectivity index (χ2n) is 7.31. The van der Waals surface area contributed by atoms with Gasteiger partial charge in [-0.25, -0.2) is 0 Å². The van der Waals surface area contributed by atoms with Gasteiger partial charge < -0.3 is 9.74 Å². The van der Waals surface area contributed by atoms with Crippen molar-refractivity contribution in [3.8, 4) is 0 Å². The van der Waals surface area contributed by atoms with Crippen molar-refractivity contribution in [3.63, 3.8) is 0 Å². The minimum Gasteiger partial charge on any atom is -0.409 e. The van der Waals surface area contributed by atoms with Crippen molar-refractivity contribution >= 4 is 31.5 Å². The van der Waals surface area contributed by atoms with Gasteiger partial charge in [-0.1, -0.05) is 57.8 Å². The Morgan fingerprint density at radius 2 is 1.56 bits per heavy atom. The summed E-state index contributed by atoms with van der Waals surface area (Å²) in [6, 6.07) is 3.71. The van der Waals surface area contributed by atoms with Crippen LogP contribution in [0.15, 0.2) is 12.4 Å². The summed E-state index contributed by atoms with van der Waals surface area (Å²) in [7, 11) is -1.79. The maximum absolute atomic E-state index is 6.77. The fourth-order valence-corrected chi connectivity index (χ4v) is 6.74. The van der Waals surface area contributed by atoms with Gasteiger partial charge in [0.05, 0.1) is 16.1 Å². The first kappa shape index (κ1) is 22.9. The summed E-state index contributed by atoms with van der Waals surface area (Å²) < 4.78 is 6.77. The zero-order valence-electron chi connectivity index (χ0n) is 16.5. The van der Waals surface area contributed by atoms with E-state index in [9.17, 15) is 0 Å². The summed E-state index contributed by atoms with van der Waals surface area (Å²) in [6.07, 6.45) is 4.31. The average Bonchev–Trinajstić information content (AvgIpc) is 2.56. The van der Waals surface area contributed by atoms with Gasteiger partial charge in [0.2, 0.25) is 0 Å². The van der Waals surface area contributed by atoms with Crippen molar-refractivity contribution in [2.75, 3.05) is 6.54 Å². The van der Waals surface area contributed by atoms with Gasteiger partial charge in [0.25, 0.3) is 0 Å². The van der Waals surface area contributed by atoms with E-state index in [1.165, 1.54) is 0 Å². The van der Waals surface area contributed by atoms with E-state index < -0.39 is 8.32 Å². The monoisotopic (exact) mass is 404 g/mol. The number of aromatic nitrogens is 1. The van der Waals surface area contributed by atoms with E-state index in [0.717, 1.165) is 30.1 Å². The van der Waals surface area contributed by atoms with E-state index in [1.54, 1.807) is 12.4 Å². The summed E-state index contributed by atoms with van der Waals surface area (Å²) in [6.45, 7) is 14.1. The van der Waals surface area contributed by atoms with Crippen LogP contribution in [0.5, 0.6) is 0 Å². The Bertz CT molecular complexity index is 496. The first-order valence-corrected chi connectivity index (χ1v) is 12.8. The maximum atomic E-state index is 6.77. The van der Waals surface area contributed by atoms with Crippen LogP contribution in [0.2, 0.25) is 28.2 Å². The highest BCUT2D eigenvalue weighted by atomic mass is 35.5. The third kappa shape index (κ3) is 6.83. The lowest BCUT2D eigenvalue weighted by molar-refractivity contribution is 0.180. The van der Waals surface area contributed by atoms with Gasteiger partial charge in [0, 0.05) is 30.5 Å². The molecule has 1 rings (SSSR count). The molecule has 1 aromatic rings. The molecule has 144 valence electrons. The molecule has 25 heavy (non-hydrogen) atoms. The van der Waals surface area contributed by atoms with E-state index in [1.807, 2.05) is 0 Å². The number of rotatable bonds is 11. The van der Waals surface area contributed by atoms with Gasteiger partial charge in [-0.05, 0) is 37.4 Å². The van der Waals surface area contributed by atoms with Crippen molar-refractivity contribution < 1.29 is 4.43 Å². The Labute approximate surface area is 165 Å². The molecule has 1 aromatic heterocycles. The van der Waals surface area contributed by atoms with Crippen molar-refractivity contribution in [3.05, 3.63) is 28.0 Å². The topological polar surface area (TPSA) is 34.1 Å². The Hall–Kier alpha value is -0.133. The van der Waals surface area contributed by atoms with Crippen LogP contribution >= 0.6 is 23.2 Å². The molecule has 0 fully saturated rings. The molecule has 0 amide bonds. The summed E-state index contributed by atoms with van der Waals surface area (Å²) in [4.78, 5) is 4.09. The van der Waals surface area contributed by atoms with E-state index >= 15 is 0 Å². The zero-order valence-corrected chi connectivity index (χ0v) is 19.0. The molecule has 0 bridgehead atoms. The summed E-state index contributed by atoms with van der Waals surface area (Å²) in [5, 5.41) is 4.79. The molecule has 0 aliphatic carbocycles. The minimum atomic E-state index is -1.79. The smallest absolute Gasteiger partial charge is 0.192 e. The number of halogens is 2. The molecule has 0 radical (unpaired) electrons. The molecule has 0 spiro atoms. The van der Waals surface area contributed by atoms with E-state index in [2.05, 4.69) is 51.8 Å². The molecule has 0 aliphatic rings. The number of nitrogens with one attached hydrogen (secondary N) is 1. The Balaban J connectivity index is 3.06. The first-order chi connectivity index (χ1) is 11.8. The molecule has 2 atom stereocenters. The van der Waals surface area contributed by atoms with Crippen LogP contribution in [-0.4, -0.2) is 25.9 Å². The second kappa shape index (κ2) is 10.9. The molecular weight excluding hydrogens is 371 g/mol. The second-order valence-corrected chi connectivity index (χ2v) is 12.8. The van der Waals surface area contributed by atoms with Crippen molar-refractivity contribution in [2.45, 2.75) is 78.2 Å². The van der Waals surface area contributed by atoms with E-state index in [-0.39, 0.29) is 6.10 Å². The molecule has 1 heterocycles. The van der Waals surface area contributed by atoms with Crippen molar-refractivity contribution in [1.29, 1.82) is 0 Å². The number of pyridine rings is 1. The van der Waals surface area contributed by atoms with Gasteiger partial charge in [-0.2, -0.15) is 0 Å². The highest BCUT2D eigenvalue weighted by Crippen LogP contribution is 2.36. The first-order valence-electron chi connectivity index (χ1n) is 9.48. The summed E-state index contributed by atoms with van der Waals surface area (Å²) in [5.74, 6) is 0.658. The van der Waals surface area contributed by atoms with Gasteiger partial charge in [-0.3, -0.25) is 4.98 Å². The standard InChI is InChI=1S/C19H34Cl2N2OSi/c1-7-25(8-2,9-3)24-18(13-23-15(6)10-14(4)5)19-16(20)11-22-12-17(19)21/h11-12,14-15,18,23H,7-10,13H2,1-6H3. The Kier molecular flexibility index (Phi) is 9.97. The van der Waals surface area contributed by atoms with Crippen LogP contribution in [0.25, 0.3) is 0 Å². The minimum absolute atomic E-state index is 0.135. The number of nitrogens with zero attached hydrogens (tertiary/aromatic N) is 1. The number of hydrogen-bond donors (Lipinski definition) is 1. The highest BCUT2D eigenvalue weighted by molar-refractivity contribution is 6.73. The molecule has 3 nitrogen and oxygen atoms in total. The lowest BCUT2D eigenvalue weighted by atomic mass is 10.0. The quantitative estimate of drug-likeness (QED) is 0.428. The van der Waals surface area contributed by atoms with Crippen LogP contribution in [0.4, 0.5) is 0 Å². The van der Waals surface area contributed by atoms with E-state index in [4.69, 9.17) is 27.6 Å².